The zero-order valence-electron chi connectivity index (χ0n) is 12.5. The Morgan fingerprint density at radius 1 is 1.00 bits per heavy atom. The molecule has 1 fully saturated rings. The highest BCUT2D eigenvalue weighted by molar-refractivity contribution is 6.38. The molecule has 0 bridgehead atoms. The lowest BCUT2D eigenvalue weighted by Crippen LogP contribution is -2.31. The van der Waals surface area contributed by atoms with Crippen molar-refractivity contribution in [3.05, 3.63) is 0 Å². The molecule has 0 amide bonds. The van der Waals surface area contributed by atoms with Crippen LogP contribution in [0.1, 0.15) is 71.1 Å². The average Bonchev–Trinajstić information content (AvgIpc) is 2.42. The smallest absolute Gasteiger partial charge is 0.375 e. The molecular formula is C16H26O4. The van der Waals surface area contributed by atoms with E-state index in [1.54, 1.807) is 6.92 Å². The molecule has 0 aromatic heterocycles. The molecule has 0 aromatic rings. The van der Waals surface area contributed by atoms with Gasteiger partial charge in [-0.25, -0.2) is 4.79 Å². The molecule has 0 N–H and O–H groups in total. The highest BCUT2D eigenvalue weighted by atomic mass is 16.5. The minimum absolute atomic E-state index is 0.0800. The van der Waals surface area contributed by atoms with Crippen molar-refractivity contribution in [2.24, 2.45) is 5.92 Å². The Hall–Kier alpha value is -1.19. The summed E-state index contributed by atoms with van der Waals surface area (Å²) in [6.07, 6.45) is 9.40. The third-order valence-corrected chi connectivity index (χ3v) is 3.85. The Morgan fingerprint density at radius 3 is 2.15 bits per heavy atom. The van der Waals surface area contributed by atoms with Crippen LogP contribution in [-0.2, 0) is 19.1 Å². The van der Waals surface area contributed by atoms with Crippen molar-refractivity contribution < 1.29 is 19.1 Å². The summed E-state index contributed by atoms with van der Waals surface area (Å²) in [4.78, 5) is 35.7. The zero-order chi connectivity index (χ0) is 14.8. The highest BCUT2D eigenvalue weighted by Gasteiger charge is 2.31. The quantitative estimate of drug-likeness (QED) is 0.453. The molecule has 1 saturated carbocycles. The molecule has 1 rings (SSSR count). The Balaban J connectivity index is 2.63. The maximum atomic E-state index is 12.2. The molecule has 4 heteroatoms. The Labute approximate surface area is 121 Å². The second kappa shape index (κ2) is 9.67. The van der Waals surface area contributed by atoms with Crippen molar-refractivity contribution in [2.75, 3.05) is 6.61 Å². The molecule has 0 aliphatic heterocycles. The van der Waals surface area contributed by atoms with Crippen LogP contribution in [0.4, 0.5) is 0 Å². The standard InChI is InChI=1S/C16H26O4/c1-2-20-16(19)15(18)13-11-9-7-5-3-4-6-8-10-12-14(13)17/h13H,2-12H2,1H3. The Morgan fingerprint density at radius 2 is 1.55 bits per heavy atom. The third-order valence-electron chi connectivity index (χ3n) is 3.85. The van der Waals surface area contributed by atoms with Gasteiger partial charge in [0.25, 0.3) is 0 Å². The zero-order valence-corrected chi connectivity index (χ0v) is 12.5. The summed E-state index contributed by atoms with van der Waals surface area (Å²) in [6, 6.07) is 0. The molecule has 4 nitrogen and oxygen atoms in total. The van der Waals surface area contributed by atoms with E-state index in [1.165, 1.54) is 12.8 Å². The van der Waals surface area contributed by atoms with Crippen LogP contribution in [0.3, 0.4) is 0 Å². The lowest BCUT2D eigenvalue weighted by molar-refractivity contribution is -0.157. The number of hydrogen-bond donors (Lipinski definition) is 0. The van der Waals surface area contributed by atoms with Crippen molar-refractivity contribution in [1.29, 1.82) is 0 Å². The average molecular weight is 282 g/mol. The SMILES string of the molecule is CCOC(=O)C(=O)C1CCCCCCCCCCC1=O. The normalized spacial score (nSPS) is 22.4. The minimum atomic E-state index is -0.849. The van der Waals surface area contributed by atoms with Gasteiger partial charge in [-0.15, -0.1) is 0 Å². The number of ether oxygens (including phenoxy) is 1. The van der Waals surface area contributed by atoms with Gasteiger partial charge in [0.2, 0.25) is 5.78 Å². The van der Waals surface area contributed by atoms with Gasteiger partial charge in [-0.05, 0) is 19.8 Å². The summed E-state index contributed by atoms with van der Waals surface area (Å²) in [6.45, 7) is 1.83. The largest absolute Gasteiger partial charge is 0.460 e. The number of rotatable bonds is 3. The second-order valence-corrected chi connectivity index (χ2v) is 5.47. The van der Waals surface area contributed by atoms with Gasteiger partial charge < -0.3 is 4.74 Å². The van der Waals surface area contributed by atoms with Crippen LogP contribution in [0.15, 0.2) is 0 Å². The van der Waals surface area contributed by atoms with E-state index in [-0.39, 0.29) is 12.4 Å². The maximum Gasteiger partial charge on any atom is 0.375 e. The maximum absolute atomic E-state index is 12.2. The lowest BCUT2D eigenvalue weighted by Gasteiger charge is -2.15. The summed E-state index contributed by atoms with van der Waals surface area (Å²) in [7, 11) is 0. The fraction of sp³-hybridized carbons (Fsp3) is 0.812. The summed E-state index contributed by atoms with van der Waals surface area (Å²) in [5.74, 6) is -2.34. The molecule has 1 atom stereocenters. The van der Waals surface area contributed by atoms with Crippen LogP contribution in [0.5, 0.6) is 0 Å². The predicted octanol–water partition coefficient (Wildman–Crippen LogP) is 3.22. The van der Waals surface area contributed by atoms with E-state index in [0.29, 0.717) is 12.8 Å². The van der Waals surface area contributed by atoms with Gasteiger partial charge in [-0.3, -0.25) is 9.59 Å². The number of esters is 1. The van der Waals surface area contributed by atoms with Crippen molar-refractivity contribution in [2.45, 2.75) is 71.1 Å². The van der Waals surface area contributed by atoms with Gasteiger partial charge in [0.1, 0.15) is 5.78 Å². The van der Waals surface area contributed by atoms with E-state index in [1.807, 2.05) is 0 Å². The van der Waals surface area contributed by atoms with Crippen LogP contribution in [0, 0.1) is 5.92 Å². The summed E-state index contributed by atoms with van der Waals surface area (Å²) in [5.41, 5.74) is 0. The van der Waals surface area contributed by atoms with Crippen molar-refractivity contribution >= 4 is 17.5 Å². The number of Topliss-reactive ketones (excluding diaryl/α,β-unsaturated/α-hetero) is 2. The molecule has 0 aromatic carbocycles. The minimum Gasteiger partial charge on any atom is -0.460 e. The van der Waals surface area contributed by atoms with E-state index >= 15 is 0 Å². The van der Waals surface area contributed by atoms with Gasteiger partial charge in [-0.1, -0.05) is 44.9 Å². The van der Waals surface area contributed by atoms with Crippen LogP contribution < -0.4 is 0 Å². The number of carbonyl (C=O) groups excluding carboxylic acids is 3. The molecule has 20 heavy (non-hydrogen) atoms. The van der Waals surface area contributed by atoms with E-state index in [2.05, 4.69) is 0 Å². The Kier molecular flexibility index (Phi) is 8.16. The van der Waals surface area contributed by atoms with Gasteiger partial charge in [0.15, 0.2) is 0 Å². The van der Waals surface area contributed by atoms with Crippen molar-refractivity contribution in [1.82, 2.24) is 0 Å². The van der Waals surface area contributed by atoms with Crippen LogP contribution in [0.25, 0.3) is 0 Å². The molecule has 0 saturated heterocycles. The molecule has 1 unspecified atom stereocenters. The van der Waals surface area contributed by atoms with Crippen molar-refractivity contribution in [3.8, 4) is 0 Å². The molecule has 1 aliphatic rings. The van der Waals surface area contributed by atoms with E-state index in [9.17, 15) is 14.4 Å². The molecule has 0 radical (unpaired) electrons. The van der Waals surface area contributed by atoms with Crippen LogP contribution in [0.2, 0.25) is 0 Å². The molecule has 0 heterocycles. The second-order valence-electron chi connectivity index (χ2n) is 5.47. The van der Waals surface area contributed by atoms with Crippen LogP contribution >= 0.6 is 0 Å². The molecule has 1 aliphatic carbocycles. The van der Waals surface area contributed by atoms with Gasteiger partial charge in [0.05, 0.1) is 12.5 Å². The topological polar surface area (TPSA) is 60.4 Å². The number of hydrogen-bond acceptors (Lipinski definition) is 4. The highest BCUT2D eigenvalue weighted by Crippen LogP contribution is 2.20. The molecular weight excluding hydrogens is 256 g/mol. The van der Waals surface area contributed by atoms with E-state index < -0.39 is 17.7 Å². The van der Waals surface area contributed by atoms with E-state index in [4.69, 9.17) is 4.74 Å². The molecule has 0 spiro atoms. The third kappa shape index (κ3) is 5.85. The first-order chi connectivity index (χ1) is 9.66. The number of ketones is 2. The van der Waals surface area contributed by atoms with Gasteiger partial charge in [0, 0.05) is 6.42 Å². The first-order valence-corrected chi connectivity index (χ1v) is 7.90. The van der Waals surface area contributed by atoms with Gasteiger partial charge in [-0.2, -0.15) is 0 Å². The fourth-order valence-electron chi connectivity index (χ4n) is 2.67. The first-order valence-electron chi connectivity index (χ1n) is 7.90. The summed E-state index contributed by atoms with van der Waals surface area (Å²) >= 11 is 0. The molecule has 114 valence electrons. The fourth-order valence-corrected chi connectivity index (χ4v) is 2.67. The summed E-state index contributed by atoms with van der Waals surface area (Å²) in [5, 5.41) is 0. The monoisotopic (exact) mass is 282 g/mol. The Bertz CT molecular complexity index is 335. The summed E-state index contributed by atoms with van der Waals surface area (Å²) < 4.78 is 4.74. The van der Waals surface area contributed by atoms with Crippen molar-refractivity contribution in [3.63, 3.8) is 0 Å². The first kappa shape index (κ1) is 16.9. The van der Waals surface area contributed by atoms with Gasteiger partial charge >= 0.3 is 5.97 Å². The lowest BCUT2D eigenvalue weighted by atomic mass is 9.88. The number of carbonyl (C=O) groups is 3. The predicted molar refractivity (Wildman–Crippen MR) is 76.3 cm³/mol. The van der Waals surface area contributed by atoms with Crippen LogP contribution in [-0.4, -0.2) is 24.1 Å². The van der Waals surface area contributed by atoms with E-state index in [0.717, 1.165) is 38.5 Å².